The third kappa shape index (κ3) is 48.8. The van der Waals surface area contributed by atoms with Crippen LogP contribution in [0, 0.1) is 36.4 Å². The molecule has 6 aromatic rings. The van der Waals surface area contributed by atoms with Crippen LogP contribution in [0.3, 0.4) is 0 Å². The molecule has 0 aliphatic heterocycles. The average molecular weight is 771 g/mol. The number of phosphoric acid groups is 1. The molecule has 0 saturated carbocycles. The first-order valence-electron chi connectivity index (χ1n) is 12.2. The Labute approximate surface area is 284 Å². The van der Waals surface area contributed by atoms with Crippen LogP contribution in [0.15, 0.2) is 182 Å². The minimum Gasteiger partial charge on any atom is -0.790 e. The van der Waals surface area contributed by atoms with E-state index in [1.54, 1.807) is 0 Å². The Morgan fingerprint density at radius 2 is 0.419 bits per heavy atom. The van der Waals surface area contributed by atoms with E-state index in [4.69, 9.17) is 19.2 Å². The van der Waals surface area contributed by atoms with Gasteiger partial charge in [-0.05, 0) is 0 Å². The van der Waals surface area contributed by atoms with Crippen molar-refractivity contribution in [3.05, 3.63) is 218 Å². The Hall–Kier alpha value is -3.25. The fourth-order valence-corrected chi connectivity index (χ4v) is 2.05. The average Bonchev–Trinajstić information content (AvgIpc) is 3.07. The van der Waals surface area contributed by atoms with Gasteiger partial charge in [-0.25, -0.2) is 0 Å². The van der Waals surface area contributed by atoms with Crippen LogP contribution in [-0.2, 0) is 45.4 Å². The van der Waals surface area contributed by atoms with E-state index < -0.39 is 7.82 Å². The predicted octanol–water partition coefficient (Wildman–Crippen LogP) is 6.72. The van der Waals surface area contributed by atoms with Crippen LogP contribution in [0.1, 0.15) is 0 Å². The Morgan fingerprint density at radius 3 is 0.442 bits per heavy atom. The summed E-state index contributed by atoms with van der Waals surface area (Å²) < 4.78 is 8.66. The van der Waals surface area contributed by atoms with Gasteiger partial charge in [0.1, 0.15) is 0 Å². The molecule has 7 heteroatoms. The van der Waals surface area contributed by atoms with Crippen LogP contribution in [0.2, 0.25) is 0 Å². The molecule has 0 aliphatic rings. The summed E-state index contributed by atoms with van der Waals surface area (Å²) in [6.07, 6.45) is 0. The first-order valence-corrected chi connectivity index (χ1v) is 13.7. The van der Waals surface area contributed by atoms with E-state index in [2.05, 4.69) is 36.4 Å². The fourth-order valence-electron chi connectivity index (χ4n) is 2.05. The SMILES string of the molecule is O=P([O-])([O-])O.[Pd].[Pd].[c-]1ccccc1.[c-]1ccccc1.[c-]1ccccc1.[c-]1ccccc1.[c-]1ccccc1.[c-]1ccccc1. The summed E-state index contributed by atoms with van der Waals surface area (Å²) in [5.74, 6) is 0. The van der Waals surface area contributed by atoms with Gasteiger partial charge in [0.05, 0.1) is 7.82 Å². The molecule has 0 bridgehead atoms. The molecule has 1 N–H and O–H groups in total. The summed E-state index contributed by atoms with van der Waals surface area (Å²) in [6.45, 7) is 0. The molecule has 0 spiro atoms. The first-order chi connectivity index (χ1) is 20.0. The van der Waals surface area contributed by atoms with Crippen molar-refractivity contribution in [1.82, 2.24) is 0 Å². The Bertz CT molecular complexity index is 855. The summed E-state index contributed by atoms with van der Waals surface area (Å²) in [6, 6.07) is 75.0. The molecule has 0 aliphatic carbocycles. The third-order valence-electron chi connectivity index (χ3n) is 3.64. The van der Waals surface area contributed by atoms with Crippen molar-refractivity contribution in [2.75, 3.05) is 0 Å². The molecular weight excluding hydrogens is 740 g/mol. The van der Waals surface area contributed by atoms with E-state index in [0.717, 1.165) is 0 Å². The molecule has 0 saturated heterocycles. The predicted molar refractivity (Wildman–Crippen MR) is 161 cm³/mol. The van der Waals surface area contributed by atoms with Crippen molar-refractivity contribution in [3.8, 4) is 0 Å². The maximum atomic E-state index is 8.66. The van der Waals surface area contributed by atoms with Gasteiger partial charge in [0, 0.05) is 40.8 Å². The van der Waals surface area contributed by atoms with E-state index in [-0.39, 0.29) is 40.8 Å². The van der Waals surface area contributed by atoms with Gasteiger partial charge in [-0.3, -0.25) is 0 Å². The second-order valence-corrected chi connectivity index (χ2v) is 7.87. The van der Waals surface area contributed by atoms with Crippen molar-refractivity contribution in [2.24, 2.45) is 0 Å². The number of hydrogen-bond donors (Lipinski definition) is 1. The van der Waals surface area contributed by atoms with Gasteiger partial charge in [-0.1, -0.05) is 0 Å². The number of hydrogen-bond acceptors (Lipinski definition) is 3. The third-order valence-corrected chi connectivity index (χ3v) is 3.64. The Balaban J connectivity index is -0.000000431. The zero-order valence-electron chi connectivity index (χ0n) is 23.1. The zero-order valence-corrected chi connectivity index (χ0v) is 27.1. The molecule has 0 atom stereocenters. The first kappa shape index (κ1) is 44.2. The van der Waals surface area contributed by atoms with Crippen LogP contribution in [0.5, 0.6) is 0 Å². The maximum absolute atomic E-state index is 8.66. The second kappa shape index (κ2) is 36.8. The van der Waals surface area contributed by atoms with Crippen LogP contribution in [0.4, 0.5) is 0 Å². The molecule has 0 unspecified atom stereocenters. The number of rotatable bonds is 0. The van der Waals surface area contributed by atoms with Crippen molar-refractivity contribution in [1.29, 1.82) is 0 Å². The van der Waals surface area contributed by atoms with Gasteiger partial charge in [0.2, 0.25) is 0 Å². The Morgan fingerprint density at radius 1 is 0.326 bits per heavy atom. The summed E-state index contributed by atoms with van der Waals surface area (Å²) in [5.41, 5.74) is 0. The molecule has 0 heterocycles. The smallest absolute Gasteiger partial charge is 0.0557 e. The zero-order chi connectivity index (χ0) is 30.0. The largest absolute Gasteiger partial charge is 0.790 e. The summed E-state index contributed by atoms with van der Waals surface area (Å²) >= 11 is 0. The second-order valence-electron chi connectivity index (χ2n) is 6.93. The van der Waals surface area contributed by atoms with Gasteiger partial charge in [-0.15, -0.1) is 0 Å². The Kier molecular flexibility index (Phi) is 37.8. The van der Waals surface area contributed by atoms with Crippen LogP contribution in [-0.4, -0.2) is 4.89 Å². The molecule has 0 fully saturated rings. The standard InChI is InChI=1S/6C6H5.H3O4P.2Pd/c6*1-2-4-6-5-3-1;1-5(2,3)4;;/h6*1-5H;(H3,1,2,3,4);;/q6*-1;;;/p-2. The minimum atomic E-state index is -5.14. The number of benzene rings is 6. The van der Waals surface area contributed by atoms with Gasteiger partial charge in [-0.2, -0.15) is 218 Å². The summed E-state index contributed by atoms with van der Waals surface area (Å²) in [5, 5.41) is 0. The normalized spacial score (nSPS) is 8.07. The quantitative estimate of drug-likeness (QED) is 0.106. The summed E-state index contributed by atoms with van der Waals surface area (Å²) in [4.78, 5) is 24.3. The molecule has 4 nitrogen and oxygen atoms in total. The van der Waals surface area contributed by atoms with Gasteiger partial charge in [0.25, 0.3) is 0 Å². The van der Waals surface area contributed by atoms with Crippen molar-refractivity contribution in [2.45, 2.75) is 0 Å². The topological polar surface area (TPSA) is 83.4 Å². The van der Waals surface area contributed by atoms with E-state index >= 15 is 0 Å². The van der Waals surface area contributed by atoms with Crippen molar-refractivity contribution in [3.63, 3.8) is 0 Å². The monoisotopic (exact) mass is 770 g/mol. The van der Waals surface area contributed by atoms with Crippen LogP contribution >= 0.6 is 7.82 Å². The molecule has 43 heavy (non-hydrogen) atoms. The molecule has 6 aromatic carbocycles. The molecule has 6 rings (SSSR count). The van der Waals surface area contributed by atoms with Crippen LogP contribution < -0.4 is 9.79 Å². The molecule has 0 amide bonds. The van der Waals surface area contributed by atoms with Crippen molar-refractivity contribution < 1.29 is 60.1 Å². The maximum Gasteiger partial charge on any atom is 0.0557 e. The molecule has 232 valence electrons. The molecule has 0 aromatic heterocycles. The van der Waals surface area contributed by atoms with E-state index in [1.807, 2.05) is 182 Å². The van der Waals surface area contributed by atoms with Crippen molar-refractivity contribution >= 4 is 7.82 Å². The van der Waals surface area contributed by atoms with E-state index in [9.17, 15) is 0 Å². The van der Waals surface area contributed by atoms with Gasteiger partial charge >= 0.3 is 0 Å². The van der Waals surface area contributed by atoms with Gasteiger partial charge in [0.15, 0.2) is 0 Å². The molecule has 0 radical (unpaired) electrons. The minimum absolute atomic E-state index is 0. The van der Waals surface area contributed by atoms with Gasteiger partial charge < -0.3 is 19.2 Å². The fraction of sp³-hybridized carbons (Fsp3) is 0. The van der Waals surface area contributed by atoms with E-state index in [1.165, 1.54) is 0 Å². The molecular formula is C36H31O4PPd2-8. The van der Waals surface area contributed by atoms with E-state index in [0.29, 0.717) is 0 Å². The summed E-state index contributed by atoms with van der Waals surface area (Å²) in [7, 11) is -5.14. The van der Waals surface area contributed by atoms with Crippen LogP contribution in [0.25, 0.3) is 0 Å².